The summed E-state index contributed by atoms with van der Waals surface area (Å²) in [7, 11) is 0. The van der Waals surface area contributed by atoms with E-state index in [1.807, 2.05) is 33.8 Å². The largest absolute Gasteiger partial charge is 0.338 e. The van der Waals surface area contributed by atoms with Crippen LogP contribution in [-0.4, -0.2) is 38.9 Å². The van der Waals surface area contributed by atoms with Crippen LogP contribution in [-0.2, 0) is 5.41 Å². The van der Waals surface area contributed by atoms with Crippen molar-refractivity contribution in [2.24, 2.45) is 0 Å². The Morgan fingerprint density at radius 3 is 2.39 bits per heavy atom. The van der Waals surface area contributed by atoms with Crippen molar-refractivity contribution in [3.63, 3.8) is 0 Å². The molecule has 0 radical (unpaired) electrons. The van der Waals surface area contributed by atoms with Crippen molar-refractivity contribution in [2.45, 2.75) is 45.1 Å². The third kappa shape index (κ3) is 3.51. The number of carbonyl (C=O) groups excluding carboxylic acids is 1. The van der Waals surface area contributed by atoms with E-state index in [1.165, 1.54) is 17.7 Å². The minimum Gasteiger partial charge on any atom is -0.338 e. The maximum atomic E-state index is 13.4. The number of nitrogens with zero attached hydrogens (tertiary/aromatic N) is 4. The number of carbonyl (C=O) groups is 1. The van der Waals surface area contributed by atoms with Gasteiger partial charge in [0.1, 0.15) is 11.3 Å². The molecule has 28 heavy (non-hydrogen) atoms. The van der Waals surface area contributed by atoms with Crippen LogP contribution in [0.5, 0.6) is 0 Å². The second-order valence-corrected chi connectivity index (χ2v) is 8.52. The van der Waals surface area contributed by atoms with Crippen LogP contribution >= 0.6 is 0 Å². The average Bonchev–Trinajstić information content (AvgIpc) is 3.10. The lowest BCUT2D eigenvalue weighted by Crippen LogP contribution is -2.39. The highest BCUT2D eigenvalue weighted by Crippen LogP contribution is 2.27. The predicted molar refractivity (Wildman–Crippen MR) is 107 cm³/mol. The predicted octanol–water partition coefficient (Wildman–Crippen LogP) is 4.35. The molecule has 1 aromatic heterocycles. The SMILES string of the molecule is CC(C)(C)c1ccc(C(=O)N2CCC(n3nnc4cc(F)ccc43)CC2)cc1. The molecule has 6 heteroatoms. The van der Waals surface area contributed by atoms with Gasteiger partial charge in [0.25, 0.3) is 5.91 Å². The number of hydrogen-bond acceptors (Lipinski definition) is 3. The van der Waals surface area contributed by atoms with E-state index in [9.17, 15) is 9.18 Å². The minimum atomic E-state index is -0.308. The van der Waals surface area contributed by atoms with E-state index in [2.05, 4.69) is 31.1 Å². The van der Waals surface area contributed by atoms with Gasteiger partial charge in [-0.1, -0.05) is 38.1 Å². The van der Waals surface area contributed by atoms with Gasteiger partial charge in [-0.3, -0.25) is 4.79 Å². The molecular weight excluding hydrogens is 355 g/mol. The highest BCUT2D eigenvalue weighted by Gasteiger charge is 2.26. The lowest BCUT2D eigenvalue weighted by atomic mass is 9.86. The zero-order chi connectivity index (χ0) is 19.9. The molecule has 2 heterocycles. The first-order valence-electron chi connectivity index (χ1n) is 9.73. The first kappa shape index (κ1) is 18.6. The highest BCUT2D eigenvalue weighted by molar-refractivity contribution is 5.94. The monoisotopic (exact) mass is 380 g/mol. The smallest absolute Gasteiger partial charge is 0.253 e. The average molecular weight is 380 g/mol. The number of aromatic nitrogens is 3. The normalized spacial score (nSPS) is 15.9. The van der Waals surface area contributed by atoms with E-state index in [4.69, 9.17) is 0 Å². The maximum Gasteiger partial charge on any atom is 0.253 e. The minimum absolute atomic E-state index is 0.0728. The molecule has 0 bridgehead atoms. The quantitative estimate of drug-likeness (QED) is 0.664. The van der Waals surface area contributed by atoms with Crippen molar-refractivity contribution < 1.29 is 9.18 Å². The number of likely N-dealkylation sites (tertiary alicyclic amines) is 1. The fourth-order valence-electron chi connectivity index (χ4n) is 3.79. The van der Waals surface area contributed by atoms with E-state index < -0.39 is 0 Å². The van der Waals surface area contributed by atoms with Crippen LogP contribution < -0.4 is 0 Å². The molecular formula is C22H25FN4O. The summed E-state index contributed by atoms with van der Waals surface area (Å²) < 4.78 is 15.2. The van der Waals surface area contributed by atoms with Crippen molar-refractivity contribution >= 4 is 16.9 Å². The van der Waals surface area contributed by atoms with Gasteiger partial charge < -0.3 is 4.90 Å². The van der Waals surface area contributed by atoms with Gasteiger partial charge >= 0.3 is 0 Å². The van der Waals surface area contributed by atoms with Crippen molar-refractivity contribution in [2.75, 3.05) is 13.1 Å². The molecule has 0 saturated carbocycles. The van der Waals surface area contributed by atoms with Gasteiger partial charge in [-0.05, 0) is 48.1 Å². The van der Waals surface area contributed by atoms with Gasteiger partial charge in [0.2, 0.25) is 0 Å². The number of halogens is 1. The van der Waals surface area contributed by atoms with E-state index >= 15 is 0 Å². The summed E-state index contributed by atoms with van der Waals surface area (Å²) in [4.78, 5) is 14.8. The molecule has 146 valence electrons. The van der Waals surface area contributed by atoms with Crippen molar-refractivity contribution in [3.05, 3.63) is 59.4 Å². The van der Waals surface area contributed by atoms with Crippen molar-refractivity contribution in [1.82, 2.24) is 19.9 Å². The standard InChI is InChI=1S/C22H25FN4O/c1-22(2,3)16-6-4-15(5-7-16)21(28)26-12-10-18(11-13-26)27-20-9-8-17(23)14-19(20)24-25-27/h4-9,14,18H,10-13H2,1-3H3. The van der Waals surface area contributed by atoms with Crippen LogP contribution in [0.3, 0.4) is 0 Å². The van der Waals surface area contributed by atoms with Gasteiger partial charge in [0.05, 0.1) is 11.6 Å². The Morgan fingerprint density at radius 2 is 1.75 bits per heavy atom. The number of piperidine rings is 1. The Morgan fingerprint density at radius 1 is 1.07 bits per heavy atom. The fourth-order valence-corrected chi connectivity index (χ4v) is 3.79. The van der Waals surface area contributed by atoms with Gasteiger partial charge in [-0.2, -0.15) is 0 Å². The molecule has 2 aromatic carbocycles. The molecule has 4 rings (SSSR count). The molecule has 0 atom stereocenters. The maximum absolute atomic E-state index is 13.4. The third-order valence-electron chi connectivity index (χ3n) is 5.53. The summed E-state index contributed by atoms with van der Waals surface area (Å²) >= 11 is 0. The van der Waals surface area contributed by atoms with Crippen molar-refractivity contribution in [3.8, 4) is 0 Å². The van der Waals surface area contributed by atoms with Gasteiger partial charge in [-0.25, -0.2) is 9.07 Å². The second kappa shape index (κ2) is 7.00. The second-order valence-electron chi connectivity index (χ2n) is 8.52. The van der Waals surface area contributed by atoms with Gasteiger partial charge in [0, 0.05) is 24.7 Å². The molecule has 1 aliphatic rings. The van der Waals surface area contributed by atoms with Crippen LogP contribution in [0.25, 0.3) is 11.0 Å². The Labute approximate surface area is 164 Å². The summed E-state index contributed by atoms with van der Waals surface area (Å²) in [6, 6.07) is 12.7. The Hall–Kier alpha value is -2.76. The number of hydrogen-bond donors (Lipinski definition) is 0. The summed E-state index contributed by atoms with van der Waals surface area (Å²) in [5, 5.41) is 8.29. The number of benzene rings is 2. The Balaban J connectivity index is 1.44. The van der Waals surface area contributed by atoms with E-state index in [-0.39, 0.29) is 23.2 Å². The molecule has 1 saturated heterocycles. The van der Waals surface area contributed by atoms with Crippen LogP contribution in [0.4, 0.5) is 4.39 Å². The first-order valence-corrected chi connectivity index (χ1v) is 9.73. The fraction of sp³-hybridized carbons (Fsp3) is 0.409. The van der Waals surface area contributed by atoms with Gasteiger partial charge in [0.15, 0.2) is 0 Å². The zero-order valence-electron chi connectivity index (χ0n) is 16.5. The molecule has 0 aliphatic carbocycles. The first-order chi connectivity index (χ1) is 13.3. The van der Waals surface area contributed by atoms with Crippen LogP contribution in [0.1, 0.15) is 55.6 Å². The molecule has 5 nitrogen and oxygen atoms in total. The molecule has 1 fully saturated rings. The number of amides is 1. The van der Waals surface area contributed by atoms with Crippen molar-refractivity contribution in [1.29, 1.82) is 0 Å². The van der Waals surface area contributed by atoms with E-state index in [1.54, 1.807) is 6.07 Å². The van der Waals surface area contributed by atoms with Gasteiger partial charge in [-0.15, -0.1) is 5.10 Å². The van der Waals surface area contributed by atoms with Crippen LogP contribution in [0.2, 0.25) is 0 Å². The van der Waals surface area contributed by atoms with Crippen LogP contribution in [0, 0.1) is 5.82 Å². The Kier molecular flexibility index (Phi) is 4.65. The van der Waals surface area contributed by atoms with E-state index in [0.717, 1.165) is 23.9 Å². The summed E-state index contributed by atoms with van der Waals surface area (Å²) in [6.45, 7) is 7.84. The van der Waals surface area contributed by atoms with Crippen LogP contribution in [0.15, 0.2) is 42.5 Å². The Bertz CT molecular complexity index is 996. The highest BCUT2D eigenvalue weighted by atomic mass is 19.1. The molecule has 0 unspecified atom stereocenters. The van der Waals surface area contributed by atoms with E-state index in [0.29, 0.717) is 18.6 Å². The summed E-state index contributed by atoms with van der Waals surface area (Å²) in [5.41, 5.74) is 3.43. The molecule has 1 aliphatic heterocycles. The third-order valence-corrected chi connectivity index (χ3v) is 5.53. The topological polar surface area (TPSA) is 51.0 Å². The zero-order valence-corrected chi connectivity index (χ0v) is 16.5. The molecule has 1 amide bonds. The number of fused-ring (bicyclic) bond motifs is 1. The summed E-state index contributed by atoms with van der Waals surface area (Å²) in [6.07, 6.45) is 1.61. The summed E-state index contributed by atoms with van der Waals surface area (Å²) in [5.74, 6) is -0.234. The molecule has 0 spiro atoms. The lowest BCUT2D eigenvalue weighted by Gasteiger charge is -2.32. The lowest BCUT2D eigenvalue weighted by molar-refractivity contribution is 0.0691. The molecule has 0 N–H and O–H groups in total. The molecule has 3 aromatic rings. The number of rotatable bonds is 2.